The van der Waals surface area contributed by atoms with E-state index >= 15 is 0 Å². The van der Waals surface area contributed by atoms with Gasteiger partial charge in [-0.15, -0.1) is 0 Å². The molecule has 0 unspecified atom stereocenters. The molecule has 1 aliphatic rings. The summed E-state index contributed by atoms with van der Waals surface area (Å²) in [7, 11) is 0. The van der Waals surface area contributed by atoms with Gasteiger partial charge in [-0.3, -0.25) is 4.79 Å². The van der Waals surface area contributed by atoms with E-state index in [0.717, 1.165) is 25.7 Å². The van der Waals surface area contributed by atoms with E-state index in [4.69, 9.17) is 14.2 Å². The summed E-state index contributed by atoms with van der Waals surface area (Å²) < 4.78 is 16.0. The van der Waals surface area contributed by atoms with Crippen LogP contribution in [0.2, 0.25) is 0 Å². The van der Waals surface area contributed by atoms with Gasteiger partial charge in [-0.25, -0.2) is 9.59 Å². The fourth-order valence-electron chi connectivity index (χ4n) is 2.88. The molecule has 0 saturated heterocycles. The number of esters is 1. The first-order valence-electron chi connectivity index (χ1n) is 9.90. The number of anilines is 1. The third-order valence-electron chi connectivity index (χ3n) is 4.12. The SMILES string of the molecule is CC(C)(C)OC(=O)NCC(=O)Nc1cccc(OCC(=O)OC2CCCCC2)c1. The lowest BCUT2D eigenvalue weighted by molar-refractivity contribution is -0.152. The number of ether oxygens (including phenoxy) is 3. The van der Waals surface area contributed by atoms with Crippen LogP contribution in [0.15, 0.2) is 24.3 Å². The van der Waals surface area contributed by atoms with E-state index in [1.54, 1.807) is 45.0 Å². The molecule has 0 aliphatic heterocycles. The van der Waals surface area contributed by atoms with E-state index in [1.807, 2.05) is 0 Å². The molecule has 2 N–H and O–H groups in total. The van der Waals surface area contributed by atoms with Crippen molar-refractivity contribution in [1.29, 1.82) is 0 Å². The molecule has 0 heterocycles. The van der Waals surface area contributed by atoms with E-state index in [9.17, 15) is 14.4 Å². The summed E-state index contributed by atoms with van der Waals surface area (Å²) in [5, 5.41) is 5.04. The predicted molar refractivity (Wildman–Crippen MR) is 108 cm³/mol. The Hall–Kier alpha value is -2.77. The van der Waals surface area contributed by atoms with Gasteiger partial charge in [0.2, 0.25) is 5.91 Å². The Labute approximate surface area is 171 Å². The Morgan fingerprint density at radius 2 is 1.83 bits per heavy atom. The van der Waals surface area contributed by atoms with Crippen molar-refractivity contribution in [2.75, 3.05) is 18.5 Å². The summed E-state index contributed by atoms with van der Waals surface area (Å²) >= 11 is 0. The molecule has 1 aromatic carbocycles. The minimum atomic E-state index is -0.666. The van der Waals surface area contributed by atoms with Gasteiger partial charge >= 0.3 is 12.1 Å². The Bertz CT molecular complexity index is 707. The number of rotatable bonds is 7. The highest BCUT2D eigenvalue weighted by molar-refractivity contribution is 5.94. The van der Waals surface area contributed by atoms with Crippen LogP contribution in [0.5, 0.6) is 5.75 Å². The lowest BCUT2D eigenvalue weighted by atomic mass is 9.98. The van der Waals surface area contributed by atoms with Gasteiger partial charge in [0.05, 0.1) is 0 Å². The fourth-order valence-corrected chi connectivity index (χ4v) is 2.88. The molecular weight excluding hydrogens is 376 g/mol. The number of alkyl carbamates (subject to hydrolysis) is 1. The highest BCUT2D eigenvalue weighted by atomic mass is 16.6. The average Bonchev–Trinajstić information content (AvgIpc) is 2.65. The summed E-state index contributed by atoms with van der Waals surface area (Å²) in [6, 6.07) is 6.65. The van der Waals surface area contributed by atoms with Gasteiger partial charge in [0.25, 0.3) is 0 Å². The van der Waals surface area contributed by atoms with Gasteiger partial charge in [-0.05, 0) is 58.6 Å². The van der Waals surface area contributed by atoms with Gasteiger partial charge < -0.3 is 24.8 Å². The molecule has 160 valence electrons. The molecule has 29 heavy (non-hydrogen) atoms. The van der Waals surface area contributed by atoms with Crippen LogP contribution < -0.4 is 15.4 Å². The van der Waals surface area contributed by atoms with Gasteiger partial charge in [0.15, 0.2) is 6.61 Å². The smallest absolute Gasteiger partial charge is 0.408 e. The minimum Gasteiger partial charge on any atom is -0.482 e. The number of carbonyl (C=O) groups excluding carboxylic acids is 3. The maximum Gasteiger partial charge on any atom is 0.408 e. The summed E-state index contributed by atoms with van der Waals surface area (Å²) in [5.41, 5.74) is -0.149. The van der Waals surface area contributed by atoms with Crippen molar-refractivity contribution in [1.82, 2.24) is 5.32 Å². The summed E-state index contributed by atoms with van der Waals surface area (Å²) in [4.78, 5) is 35.5. The van der Waals surface area contributed by atoms with E-state index in [0.29, 0.717) is 11.4 Å². The number of benzene rings is 1. The van der Waals surface area contributed by atoms with Crippen molar-refractivity contribution in [3.63, 3.8) is 0 Å². The second-order valence-electron chi connectivity index (χ2n) is 7.97. The number of amides is 2. The van der Waals surface area contributed by atoms with E-state index < -0.39 is 23.6 Å². The van der Waals surface area contributed by atoms with Crippen molar-refractivity contribution >= 4 is 23.7 Å². The monoisotopic (exact) mass is 406 g/mol. The summed E-state index contributed by atoms with van der Waals surface area (Å²) in [6.07, 6.45) is 4.50. The largest absolute Gasteiger partial charge is 0.482 e. The molecule has 2 amide bonds. The van der Waals surface area contributed by atoms with Crippen LogP contribution in [-0.4, -0.2) is 42.8 Å². The molecule has 0 atom stereocenters. The van der Waals surface area contributed by atoms with Gasteiger partial charge in [-0.1, -0.05) is 12.5 Å². The molecule has 1 aliphatic carbocycles. The maximum absolute atomic E-state index is 12.0. The first kappa shape index (κ1) is 22.5. The minimum absolute atomic E-state index is 0.0112. The second kappa shape index (κ2) is 10.7. The van der Waals surface area contributed by atoms with Crippen LogP contribution in [-0.2, 0) is 19.1 Å². The van der Waals surface area contributed by atoms with Crippen LogP contribution in [0, 0.1) is 0 Å². The van der Waals surface area contributed by atoms with Crippen molar-refractivity contribution in [3.05, 3.63) is 24.3 Å². The fraction of sp³-hybridized carbons (Fsp3) is 0.571. The van der Waals surface area contributed by atoms with Crippen LogP contribution in [0.1, 0.15) is 52.9 Å². The molecule has 0 radical (unpaired) electrons. The topological polar surface area (TPSA) is 103 Å². The molecule has 8 heteroatoms. The number of nitrogens with one attached hydrogen (secondary N) is 2. The van der Waals surface area contributed by atoms with Gasteiger partial charge in [0, 0.05) is 11.8 Å². The van der Waals surface area contributed by atoms with Crippen LogP contribution >= 0.6 is 0 Å². The Morgan fingerprint density at radius 3 is 2.52 bits per heavy atom. The highest BCUT2D eigenvalue weighted by Gasteiger charge is 2.18. The predicted octanol–water partition coefficient (Wildman–Crippen LogP) is 3.40. The van der Waals surface area contributed by atoms with E-state index in [2.05, 4.69) is 10.6 Å². The normalized spacial score (nSPS) is 14.6. The zero-order valence-corrected chi connectivity index (χ0v) is 17.3. The Kier molecular flexibility index (Phi) is 8.30. The van der Waals surface area contributed by atoms with Crippen molar-refractivity contribution < 1.29 is 28.6 Å². The first-order chi connectivity index (χ1) is 13.7. The number of hydrogen-bond donors (Lipinski definition) is 2. The molecule has 1 aromatic rings. The quantitative estimate of drug-likeness (QED) is 0.673. The third-order valence-corrected chi connectivity index (χ3v) is 4.12. The van der Waals surface area contributed by atoms with Crippen molar-refractivity contribution in [3.8, 4) is 5.75 Å². The van der Waals surface area contributed by atoms with Crippen LogP contribution in [0.3, 0.4) is 0 Å². The standard InChI is InChI=1S/C21H30N2O6/c1-21(2,3)29-20(26)22-13-18(24)23-15-8-7-11-17(12-15)27-14-19(25)28-16-9-5-4-6-10-16/h7-8,11-12,16H,4-6,9-10,13-14H2,1-3H3,(H,22,26)(H,23,24). The lowest BCUT2D eigenvalue weighted by Gasteiger charge is -2.21. The zero-order valence-electron chi connectivity index (χ0n) is 17.3. The number of hydrogen-bond acceptors (Lipinski definition) is 6. The van der Waals surface area contributed by atoms with Gasteiger partial charge in [-0.2, -0.15) is 0 Å². The summed E-state index contributed by atoms with van der Waals surface area (Å²) in [6.45, 7) is 4.80. The molecule has 1 fully saturated rings. The zero-order chi connectivity index (χ0) is 21.3. The molecular formula is C21H30N2O6. The van der Waals surface area contributed by atoms with Crippen molar-refractivity contribution in [2.45, 2.75) is 64.6 Å². The molecule has 0 bridgehead atoms. The van der Waals surface area contributed by atoms with Gasteiger partial charge in [0.1, 0.15) is 24.0 Å². The molecule has 2 rings (SSSR count). The molecule has 8 nitrogen and oxygen atoms in total. The third kappa shape index (κ3) is 9.32. The second-order valence-corrected chi connectivity index (χ2v) is 7.97. The molecule has 1 saturated carbocycles. The maximum atomic E-state index is 12.0. The molecule has 0 spiro atoms. The average molecular weight is 406 g/mol. The summed E-state index contributed by atoms with van der Waals surface area (Å²) in [5.74, 6) is -0.374. The van der Waals surface area contributed by atoms with E-state index in [-0.39, 0.29) is 19.3 Å². The molecule has 0 aromatic heterocycles. The highest BCUT2D eigenvalue weighted by Crippen LogP contribution is 2.21. The Morgan fingerprint density at radius 1 is 1.10 bits per heavy atom. The number of carbonyl (C=O) groups is 3. The van der Waals surface area contributed by atoms with Crippen LogP contribution in [0.4, 0.5) is 10.5 Å². The Balaban J connectivity index is 1.74. The van der Waals surface area contributed by atoms with Crippen LogP contribution in [0.25, 0.3) is 0 Å². The first-order valence-corrected chi connectivity index (χ1v) is 9.90. The lowest BCUT2D eigenvalue weighted by Crippen LogP contribution is -2.37. The van der Waals surface area contributed by atoms with E-state index in [1.165, 1.54) is 6.42 Å². The van der Waals surface area contributed by atoms with Crippen molar-refractivity contribution in [2.24, 2.45) is 0 Å².